The third-order valence-electron chi connectivity index (χ3n) is 4.41. The van der Waals surface area contributed by atoms with E-state index in [1.54, 1.807) is 19.1 Å². The Kier molecular flexibility index (Phi) is 6.94. The maximum atomic E-state index is 11.9. The summed E-state index contributed by atoms with van der Waals surface area (Å²) < 4.78 is 10.3. The molecule has 0 aromatic heterocycles. The van der Waals surface area contributed by atoms with Crippen LogP contribution in [0.1, 0.15) is 44.7 Å². The second-order valence-corrected chi connectivity index (χ2v) is 7.01. The fraction of sp³-hybridized carbons (Fsp3) is 0.304. The van der Waals surface area contributed by atoms with Gasteiger partial charge in [-0.25, -0.2) is 4.79 Å². The lowest BCUT2D eigenvalue weighted by Gasteiger charge is -2.26. The van der Waals surface area contributed by atoms with Crippen molar-refractivity contribution in [2.24, 2.45) is 0 Å². The third kappa shape index (κ3) is 5.81. The molecule has 0 atom stereocenters. The summed E-state index contributed by atoms with van der Waals surface area (Å²) in [6.07, 6.45) is 0.595. The van der Waals surface area contributed by atoms with Gasteiger partial charge in [-0.3, -0.25) is 4.79 Å². The molecule has 2 aromatic carbocycles. The molecule has 0 fully saturated rings. The van der Waals surface area contributed by atoms with E-state index in [2.05, 4.69) is 32.6 Å². The van der Waals surface area contributed by atoms with Gasteiger partial charge in [0.2, 0.25) is 0 Å². The summed E-state index contributed by atoms with van der Waals surface area (Å²) >= 11 is 0. The van der Waals surface area contributed by atoms with Crippen molar-refractivity contribution in [2.45, 2.75) is 39.0 Å². The Morgan fingerprint density at radius 2 is 1.56 bits per heavy atom. The normalized spacial score (nSPS) is 10.9. The smallest absolute Gasteiger partial charge is 0.333 e. The quantitative estimate of drug-likeness (QED) is 0.291. The average Bonchev–Trinajstić information content (AvgIpc) is 2.66. The molecule has 0 heterocycles. The van der Waals surface area contributed by atoms with Crippen LogP contribution >= 0.6 is 0 Å². The molecule has 2 aromatic rings. The molecule has 0 amide bonds. The van der Waals surface area contributed by atoms with Crippen molar-refractivity contribution in [1.82, 2.24) is 0 Å². The van der Waals surface area contributed by atoms with Gasteiger partial charge in [-0.2, -0.15) is 0 Å². The zero-order valence-corrected chi connectivity index (χ0v) is 16.2. The molecule has 4 nitrogen and oxygen atoms in total. The molecule has 0 saturated heterocycles. The Balaban J connectivity index is 1.87. The predicted octanol–water partition coefficient (Wildman–Crippen LogP) is 4.82. The fourth-order valence-corrected chi connectivity index (χ4v) is 2.65. The number of benzene rings is 2. The van der Waals surface area contributed by atoms with Crippen molar-refractivity contribution in [3.63, 3.8) is 0 Å². The molecule has 142 valence electrons. The van der Waals surface area contributed by atoms with Gasteiger partial charge in [0, 0.05) is 17.4 Å². The van der Waals surface area contributed by atoms with E-state index in [0.29, 0.717) is 17.7 Å². The standard InChI is InChI=1S/C23H26O4/c1-17(2)22(25)26-16-8-11-21(24)27-20-14-12-19(13-15-20)23(3,4)18-9-6-5-7-10-18/h5-7,9-10,12-15H,1,8,11,16H2,2-4H3. The van der Waals surface area contributed by atoms with Crippen LogP contribution < -0.4 is 4.74 Å². The van der Waals surface area contributed by atoms with Crippen molar-refractivity contribution in [2.75, 3.05) is 6.61 Å². The van der Waals surface area contributed by atoms with Crippen LogP contribution in [0, 0.1) is 0 Å². The summed E-state index contributed by atoms with van der Waals surface area (Å²) in [4.78, 5) is 23.2. The van der Waals surface area contributed by atoms with E-state index in [-0.39, 0.29) is 24.4 Å². The van der Waals surface area contributed by atoms with Gasteiger partial charge < -0.3 is 9.47 Å². The fourth-order valence-electron chi connectivity index (χ4n) is 2.65. The van der Waals surface area contributed by atoms with Crippen molar-refractivity contribution in [1.29, 1.82) is 0 Å². The molecule has 0 bridgehead atoms. The molecule has 0 radical (unpaired) electrons. The van der Waals surface area contributed by atoms with Crippen LogP contribution in [0.2, 0.25) is 0 Å². The number of carbonyl (C=O) groups excluding carboxylic acids is 2. The van der Waals surface area contributed by atoms with Gasteiger partial charge in [0.15, 0.2) is 0 Å². The second-order valence-electron chi connectivity index (χ2n) is 7.01. The van der Waals surface area contributed by atoms with Crippen molar-refractivity contribution in [3.05, 3.63) is 77.9 Å². The van der Waals surface area contributed by atoms with Gasteiger partial charge in [-0.15, -0.1) is 0 Å². The molecule has 0 aliphatic rings. The van der Waals surface area contributed by atoms with Crippen LogP contribution in [0.3, 0.4) is 0 Å². The van der Waals surface area contributed by atoms with Crippen molar-refractivity contribution < 1.29 is 19.1 Å². The van der Waals surface area contributed by atoms with Crippen LogP contribution in [-0.2, 0) is 19.7 Å². The van der Waals surface area contributed by atoms with E-state index in [1.807, 2.05) is 30.3 Å². The minimum atomic E-state index is -0.444. The maximum absolute atomic E-state index is 11.9. The van der Waals surface area contributed by atoms with Gasteiger partial charge in [-0.05, 0) is 36.6 Å². The van der Waals surface area contributed by atoms with Crippen LogP contribution in [0.25, 0.3) is 0 Å². The first-order chi connectivity index (χ1) is 12.8. The van der Waals surface area contributed by atoms with Crippen LogP contribution in [0.15, 0.2) is 66.7 Å². The summed E-state index contributed by atoms with van der Waals surface area (Å²) in [5.41, 5.74) is 2.56. The van der Waals surface area contributed by atoms with E-state index in [4.69, 9.17) is 9.47 Å². The first-order valence-corrected chi connectivity index (χ1v) is 9.00. The number of hydrogen-bond acceptors (Lipinski definition) is 4. The zero-order valence-electron chi connectivity index (χ0n) is 16.2. The summed E-state index contributed by atoms with van der Waals surface area (Å²) in [6.45, 7) is 9.58. The Hall–Kier alpha value is -2.88. The Morgan fingerprint density at radius 1 is 0.963 bits per heavy atom. The SMILES string of the molecule is C=C(C)C(=O)OCCCC(=O)Oc1ccc(C(C)(C)c2ccccc2)cc1. The van der Waals surface area contributed by atoms with Crippen LogP contribution in [0.5, 0.6) is 5.75 Å². The number of ether oxygens (including phenoxy) is 2. The van der Waals surface area contributed by atoms with Crippen LogP contribution in [0.4, 0.5) is 0 Å². The molecule has 0 saturated carbocycles. The highest BCUT2D eigenvalue weighted by molar-refractivity contribution is 5.86. The molecule has 27 heavy (non-hydrogen) atoms. The summed E-state index contributed by atoms with van der Waals surface area (Å²) in [5, 5.41) is 0. The minimum Gasteiger partial charge on any atom is -0.462 e. The monoisotopic (exact) mass is 366 g/mol. The molecule has 0 aliphatic heterocycles. The minimum absolute atomic E-state index is 0.142. The molecular weight excluding hydrogens is 340 g/mol. The lowest BCUT2D eigenvalue weighted by atomic mass is 9.78. The molecule has 0 spiro atoms. The highest BCUT2D eigenvalue weighted by Gasteiger charge is 2.22. The number of esters is 2. The largest absolute Gasteiger partial charge is 0.462 e. The van der Waals surface area contributed by atoms with E-state index in [9.17, 15) is 9.59 Å². The molecule has 0 aliphatic carbocycles. The number of rotatable bonds is 8. The summed E-state index contributed by atoms with van der Waals surface area (Å²) in [6, 6.07) is 17.8. The van der Waals surface area contributed by atoms with Crippen molar-refractivity contribution in [3.8, 4) is 5.75 Å². The van der Waals surface area contributed by atoms with Crippen LogP contribution in [-0.4, -0.2) is 18.5 Å². The average molecular weight is 366 g/mol. The van der Waals surface area contributed by atoms with E-state index < -0.39 is 5.97 Å². The Bertz CT molecular complexity index is 789. The van der Waals surface area contributed by atoms with Gasteiger partial charge >= 0.3 is 11.9 Å². The highest BCUT2D eigenvalue weighted by Crippen LogP contribution is 2.32. The van der Waals surface area contributed by atoms with E-state index in [1.165, 1.54) is 5.56 Å². The predicted molar refractivity (Wildman–Crippen MR) is 106 cm³/mol. The molecular formula is C23H26O4. The first-order valence-electron chi connectivity index (χ1n) is 9.00. The van der Waals surface area contributed by atoms with E-state index >= 15 is 0 Å². The Labute approximate surface area is 160 Å². The number of carbonyl (C=O) groups is 2. The highest BCUT2D eigenvalue weighted by atomic mass is 16.5. The lowest BCUT2D eigenvalue weighted by molar-refractivity contribution is -0.141. The summed E-state index contributed by atoms with van der Waals surface area (Å²) in [5.74, 6) is -0.289. The molecule has 0 unspecified atom stereocenters. The second kappa shape index (κ2) is 9.17. The third-order valence-corrected chi connectivity index (χ3v) is 4.41. The molecule has 2 rings (SSSR count). The van der Waals surface area contributed by atoms with Gasteiger partial charge in [0.25, 0.3) is 0 Å². The maximum Gasteiger partial charge on any atom is 0.333 e. The molecule has 4 heteroatoms. The van der Waals surface area contributed by atoms with Gasteiger partial charge in [0.05, 0.1) is 6.61 Å². The van der Waals surface area contributed by atoms with Gasteiger partial charge in [-0.1, -0.05) is 62.9 Å². The zero-order chi connectivity index (χ0) is 19.9. The van der Waals surface area contributed by atoms with Crippen molar-refractivity contribution >= 4 is 11.9 Å². The first kappa shape index (κ1) is 20.4. The Morgan fingerprint density at radius 3 is 2.15 bits per heavy atom. The summed E-state index contributed by atoms with van der Waals surface area (Å²) in [7, 11) is 0. The molecule has 0 N–H and O–H groups in total. The lowest BCUT2D eigenvalue weighted by Crippen LogP contribution is -2.18. The van der Waals surface area contributed by atoms with Gasteiger partial charge in [0.1, 0.15) is 5.75 Å². The van der Waals surface area contributed by atoms with E-state index in [0.717, 1.165) is 5.56 Å². The number of hydrogen-bond donors (Lipinski definition) is 0. The topological polar surface area (TPSA) is 52.6 Å².